The zero-order valence-corrected chi connectivity index (χ0v) is 13.4. The van der Waals surface area contributed by atoms with Gasteiger partial charge in [0, 0.05) is 14.1 Å². The summed E-state index contributed by atoms with van der Waals surface area (Å²) in [4.78, 5) is 11.5. The van der Waals surface area contributed by atoms with Gasteiger partial charge in [0.15, 0.2) is 0 Å². The van der Waals surface area contributed by atoms with Crippen LogP contribution in [0.4, 0.5) is 5.69 Å². The average Bonchev–Trinajstić information content (AvgIpc) is 2.39. The number of benzene rings is 1. The first-order valence-electron chi connectivity index (χ1n) is 6.35. The number of anilines is 1. The Morgan fingerprint density at radius 2 is 2.00 bits per heavy atom. The van der Waals surface area contributed by atoms with E-state index in [0.717, 1.165) is 10.4 Å². The van der Waals surface area contributed by atoms with Gasteiger partial charge in [0.25, 0.3) is 0 Å². The highest BCUT2D eigenvalue weighted by molar-refractivity contribution is 7.89. The average molecular weight is 312 g/mol. The van der Waals surface area contributed by atoms with Crippen LogP contribution in [0.5, 0.6) is 5.75 Å². The van der Waals surface area contributed by atoms with Crippen LogP contribution in [0.15, 0.2) is 35.7 Å². The van der Waals surface area contributed by atoms with Gasteiger partial charge in [0.05, 0.1) is 16.7 Å². The summed E-state index contributed by atoms with van der Waals surface area (Å²) in [5.74, 6) is -0.0408. The number of nitrogens with one attached hydrogen (secondary N) is 1. The minimum atomic E-state index is -3.59. The van der Waals surface area contributed by atoms with E-state index < -0.39 is 15.9 Å². The zero-order valence-electron chi connectivity index (χ0n) is 12.6. The third-order valence-corrected chi connectivity index (χ3v) is 4.35. The molecule has 116 valence electrons. The Bertz CT molecular complexity index is 636. The molecule has 0 heterocycles. The molecule has 7 heteroatoms. The van der Waals surface area contributed by atoms with Gasteiger partial charge in [0.1, 0.15) is 5.75 Å². The van der Waals surface area contributed by atoms with Crippen LogP contribution in [-0.2, 0) is 14.8 Å². The summed E-state index contributed by atoms with van der Waals surface area (Å²) in [5.41, 5.74) is 0.288. The van der Waals surface area contributed by atoms with Gasteiger partial charge in [-0.1, -0.05) is 6.58 Å². The third kappa shape index (κ3) is 4.30. The highest BCUT2D eigenvalue weighted by Gasteiger charge is 2.20. The summed E-state index contributed by atoms with van der Waals surface area (Å²) in [6, 6.07) is 4.33. The molecule has 1 aromatic rings. The van der Waals surface area contributed by atoms with Crippen molar-refractivity contribution in [3.8, 4) is 5.75 Å². The minimum absolute atomic E-state index is 0.0722. The molecule has 0 unspecified atom stereocenters. The zero-order chi connectivity index (χ0) is 16.2. The van der Waals surface area contributed by atoms with Gasteiger partial charge in [-0.3, -0.25) is 4.79 Å². The molecule has 0 aromatic heterocycles. The summed E-state index contributed by atoms with van der Waals surface area (Å²) < 4.78 is 30.9. The van der Waals surface area contributed by atoms with Crippen LogP contribution in [0.25, 0.3) is 0 Å². The van der Waals surface area contributed by atoms with Gasteiger partial charge >= 0.3 is 0 Å². The van der Waals surface area contributed by atoms with Crippen molar-refractivity contribution in [2.45, 2.75) is 24.8 Å². The quantitative estimate of drug-likeness (QED) is 0.813. The first kappa shape index (κ1) is 17.2. The van der Waals surface area contributed by atoms with Crippen molar-refractivity contribution in [3.63, 3.8) is 0 Å². The Kier molecular flexibility index (Phi) is 5.51. The summed E-state index contributed by atoms with van der Waals surface area (Å²) in [5, 5.41) is 2.55. The highest BCUT2D eigenvalue weighted by atomic mass is 32.2. The van der Waals surface area contributed by atoms with E-state index in [-0.39, 0.29) is 16.7 Å². The SMILES string of the molecule is C=CC(=O)Nc1cc(S(=O)(=O)N(C)C)ccc1OC(C)C. The molecule has 0 radical (unpaired) electrons. The number of hydrogen-bond acceptors (Lipinski definition) is 4. The topological polar surface area (TPSA) is 75.7 Å². The van der Waals surface area contributed by atoms with Crippen LogP contribution in [0.2, 0.25) is 0 Å². The van der Waals surface area contributed by atoms with Crippen molar-refractivity contribution < 1.29 is 17.9 Å². The summed E-state index contributed by atoms with van der Waals surface area (Å²) in [7, 11) is -0.706. The number of sulfonamides is 1. The lowest BCUT2D eigenvalue weighted by Crippen LogP contribution is -2.22. The van der Waals surface area contributed by atoms with Gasteiger partial charge < -0.3 is 10.1 Å². The molecule has 6 nitrogen and oxygen atoms in total. The number of carbonyl (C=O) groups is 1. The molecule has 0 aliphatic rings. The maximum Gasteiger partial charge on any atom is 0.247 e. The van der Waals surface area contributed by atoms with E-state index in [1.807, 2.05) is 13.8 Å². The fourth-order valence-electron chi connectivity index (χ4n) is 1.52. The number of amides is 1. The molecular weight excluding hydrogens is 292 g/mol. The second-order valence-corrected chi connectivity index (χ2v) is 6.96. The molecule has 0 aliphatic heterocycles. The lowest BCUT2D eigenvalue weighted by Gasteiger charge is -2.17. The maximum absolute atomic E-state index is 12.1. The number of nitrogens with zero attached hydrogens (tertiary/aromatic N) is 1. The largest absolute Gasteiger partial charge is 0.489 e. The Hall–Kier alpha value is -1.86. The van der Waals surface area contributed by atoms with Crippen LogP contribution in [0.1, 0.15) is 13.8 Å². The molecular formula is C14H20N2O4S. The fraction of sp³-hybridized carbons (Fsp3) is 0.357. The van der Waals surface area contributed by atoms with Crippen molar-refractivity contribution in [1.29, 1.82) is 0 Å². The lowest BCUT2D eigenvalue weighted by atomic mass is 10.3. The molecule has 1 amide bonds. The molecule has 0 saturated carbocycles. The normalized spacial score (nSPS) is 11.5. The van der Waals surface area contributed by atoms with E-state index in [4.69, 9.17) is 4.74 Å². The predicted octanol–water partition coefficient (Wildman–Crippen LogP) is 1.85. The van der Waals surface area contributed by atoms with Crippen LogP contribution < -0.4 is 10.1 Å². The Labute approximate surface area is 125 Å². The number of carbonyl (C=O) groups excluding carboxylic acids is 1. The smallest absolute Gasteiger partial charge is 0.247 e. The Balaban J connectivity index is 3.32. The molecule has 0 atom stereocenters. The molecule has 0 fully saturated rings. The molecule has 1 N–H and O–H groups in total. The minimum Gasteiger partial charge on any atom is -0.489 e. The van der Waals surface area contributed by atoms with E-state index in [9.17, 15) is 13.2 Å². The number of hydrogen-bond donors (Lipinski definition) is 1. The highest BCUT2D eigenvalue weighted by Crippen LogP contribution is 2.29. The number of ether oxygens (including phenoxy) is 1. The second kappa shape index (κ2) is 6.73. The van der Waals surface area contributed by atoms with Gasteiger partial charge in [0.2, 0.25) is 15.9 Å². The lowest BCUT2D eigenvalue weighted by molar-refractivity contribution is -0.111. The second-order valence-electron chi connectivity index (χ2n) is 4.81. The molecule has 0 saturated heterocycles. The van der Waals surface area contributed by atoms with E-state index in [0.29, 0.717) is 5.75 Å². The monoisotopic (exact) mass is 312 g/mol. The van der Waals surface area contributed by atoms with E-state index >= 15 is 0 Å². The molecule has 1 rings (SSSR count). The molecule has 21 heavy (non-hydrogen) atoms. The molecule has 0 spiro atoms. The van der Waals surface area contributed by atoms with E-state index in [2.05, 4.69) is 11.9 Å². The van der Waals surface area contributed by atoms with Crippen LogP contribution >= 0.6 is 0 Å². The van der Waals surface area contributed by atoms with Crippen LogP contribution in [0, 0.1) is 0 Å². The maximum atomic E-state index is 12.1. The summed E-state index contributed by atoms with van der Waals surface area (Å²) >= 11 is 0. The van der Waals surface area contributed by atoms with E-state index in [1.165, 1.54) is 32.3 Å². The molecule has 0 bridgehead atoms. The molecule has 1 aromatic carbocycles. The third-order valence-electron chi connectivity index (χ3n) is 2.54. The van der Waals surface area contributed by atoms with Crippen molar-refractivity contribution in [2.75, 3.05) is 19.4 Å². The Morgan fingerprint density at radius 3 is 2.48 bits per heavy atom. The van der Waals surface area contributed by atoms with Gasteiger partial charge in [-0.15, -0.1) is 0 Å². The standard InChI is InChI=1S/C14H20N2O4S/c1-6-14(17)15-12-9-11(21(18,19)16(4)5)7-8-13(12)20-10(2)3/h6-10H,1H2,2-5H3,(H,15,17). The van der Waals surface area contributed by atoms with Gasteiger partial charge in [-0.25, -0.2) is 12.7 Å². The summed E-state index contributed by atoms with van der Waals surface area (Å²) in [6.07, 6.45) is 0.993. The number of rotatable bonds is 6. The molecule has 0 aliphatic carbocycles. The van der Waals surface area contributed by atoms with Crippen molar-refractivity contribution in [1.82, 2.24) is 4.31 Å². The first-order chi connectivity index (χ1) is 9.68. The Morgan fingerprint density at radius 1 is 1.38 bits per heavy atom. The van der Waals surface area contributed by atoms with Crippen LogP contribution in [-0.4, -0.2) is 38.8 Å². The van der Waals surface area contributed by atoms with Crippen LogP contribution in [0.3, 0.4) is 0 Å². The van der Waals surface area contributed by atoms with Crippen molar-refractivity contribution >= 4 is 21.6 Å². The van der Waals surface area contributed by atoms with E-state index in [1.54, 1.807) is 0 Å². The van der Waals surface area contributed by atoms with Gasteiger partial charge in [-0.2, -0.15) is 0 Å². The van der Waals surface area contributed by atoms with Gasteiger partial charge in [-0.05, 0) is 38.1 Å². The van der Waals surface area contributed by atoms with Crippen molar-refractivity contribution in [3.05, 3.63) is 30.9 Å². The summed E-state index contributed by atoms with van der Waals surface area (Å²) in [6.45, 7) is 7.04. The van der Waals surface area contributed by atoms with Crippen molar-refractivity contribution in [2.24, 2.45) is 0 Å². The fourth-order valence-corrected chi connectivity index (χ4v) is 2.45. The first-order valence-corrected chi connectivity index (χ1v) is 7.79. The predicted molar refractivity (Wildman–Crippen MR) is 81.9 cm³/mol.